The number of H-pyrrole nitrogens is 1. The minimum atomic E-state index is -0.995. The summed E-state index contributed by atoms with van der Waals surface area (Å²) in [5, 5.41) is 19.6. The van der Waals surface area contributed by atoms with Crippen LogP contribution in [0.2, 0.25) is 0 Å². The minimum Gasteiger partial charge on any atom is -0.508 e. The molecule has 1 heterocycles. The number of carbonyl (C=O) groups is 1. The van der Waals surface area contributed by atoms with E-state index in [1.165, 1.54) is 7.05 Å². The Hall–Kier alpha value is -2.17. The highest BCUT2D eigenvalue weighted by atomic mass is 16.4. The van der Waals surface area contributed by atoms with Crippen molar-refractivity contribution in [1.29, 1.82) is 0 Å². The molecule has 0 saturated heterocycles. The number of hydrogen-bond donors (Lipinski definition) is 4. The van der Waals surface area contributed by atoms with Crippen molar-refractivity contribution in [2.45, 2.75) is 0 Å². The van der Waals surface area contributed by atoms with Crippen LogP contribution >= 0.6 is 0 Å². The molecule has 0 fully saturated rings. The molecule has 0 bridgehead atoms. The Morgan fingerprint density at radius 1 is 1.40 bits per heavy atom. The van der Waals surface area contributed by atoms with E-state index < -0.39 is 6.09 Å². The predicted octanol–water partition coefficient (Wildman–Crippen LogP) is 1.76. The summed E-state index contributed by atoms with van der Waals surface area (Å²) in [5.41, 5.74) is 1.05. The largest absolute Gasteiger partial charge is 0.508 e. The average molecular weight is 208 g/mol. The van der Waals surface area contributed by atoms with Crippen molar-refractivity contribution in [1.82, 2.24) is 10.3 Å². The molecule has 5 nitrogen and oxygen atoms in total. The van der Waals surface area contributed by atoms with E-state index in [1.807, 2.05) is 23.6 Å². The van der Waals surface area contributed by atoms with Gasteiger partial charge in [0.1, 0.15) is 5.75 Å². The van der Waals surface area contributed by atoms with Crippen LogP contribution in [0.1, 0.15) is 0 Å². The summed E-state index contributed by atoms with van der Waals surface area (Å²) in [6.07, 6.45) is 0.856. The number of phenols is 1. The lowest BCUT2D eigenvalue weighted by Gasteiger charge is -1.89. The van der Waals surface area contributed by atoms with Crippen LogP contribution in [0.4, 0.5) is 4.79 Å². The summed E-state index contributed by atoms with van der Waals surface area (Å²) < 4.78 is 0. The molecule has 1 amide bonds. The normalized spacial score (nSPS) is 9.13. The van der Waals surface area contributed by atoms with Crippen LogP contribution in [0.25, 0.3) is 10.9 Å². The van der Waals surface area contributed by atoms with Crippen molar-refractivity contribution in [2.24, 2.45) is 0 Å². The van der Waals surface area contributed by atoms with Crippen molar-refractivity contribution in [3.05, 3.63) is 30.5 Å². The summed E-state index contributed by atoms with van der Waals surface area (Å²) in [6, 6.07) is 7.17. The van der Waals surface area contributed by atoms with Gasteiger partial charge in [0.05, 0.1) is 0 Å². The van der Waals surface area contributed by atoms with Crippen molar-refractivity contribution in [3.8, 4) is 5.75 Å². The smallest absolute Gasteiger partial charge is 0.404 e. The number of aromatic hydroxyl groups is 1. The highest BCUT2D eigenvalue weighted by Crippen LogP contribution is 2.17. The van der Waals surface area contributed by atoms with E-state index in [0.717, 1.165) is 10.9 Å². The topological polar surface area (TPSA) is 85.3 Å². The third kappa shape index (κ3) is 3.22. The number of aromatic nitrogens is 1. The van der Waals surface area contributed by atoms with Gasteiger partial charge in [-0.3, -0.25) is 0 Å². The molecule has 0 aliphatic heterocycles. The van der Waals surface area contributed by atoms with Gasteiger partial charge in [-0.05, 0) is 24.3 Å². The van der Waals surface area contributed by atoms with Crippen LogP contribution in [0.3, 0.4) is 0 Å². The molecule has 0 saturated carbocycles. The highest BCUT2D eigenvalue weighted by molar-refractivity contribution is 5.80. The van der Waals surface area contributed by atoms with E-state index in [-0.39, 0.29) is 0 Å². The molecular weight excluding hydrogens is 196 g/mol. The third-order valence-corrected chi connectivity index (χ3v) is 1.75. The van der Waals surface area contributed by atoms with Crippen molar-refractivity contribution in [2.75, 3.05) is 7.05 Å². The monoisotopic (exact) mass is 208 g/mol. The molecule has 0 radical (unpaired) electrons. The fourth-order valence-electron chi connectivity index (χ4n) is 1.04. The number of benzene rings is 1. The summed E-state index contributed by atoms with van der Waals surface area (Å²) in [4.78, 5) is 12.3. The van der Waals surface area contributed by atoms with Gasteiger partial charge in [-0.25, -0.2) is 4.79 Å². The summed E-state index contributed by atoms with van der Waals surface area (Å²) in [7, 11) is 1.35. The molecule has 2 rings (SSSR count). The summed E-state index contributed by atoms with van der Waals surface area (Å²) in [6.45, 7) is 0. The lowest BCUT2D eigenvalue weighted by Crippen LogP contribution is -2.13. The van der Waals surface area contributed by atoms with Crippen LogP contribution in [0.5, 0.6) is 5.75 Å². The molecule has 1 aromatic heterocycles. The Kier molecular flexibility index (Phi) is 3.56. The Morgan fingerprint density at radius 3 is 2.67 bits per heavy atom. The molecule has 5 heteroatoms. The maximum Gasteiger partial charge on any atom is 0.404 e. The van der Waals surface area contributed by atoms with Crippen LogP contribution in [0, 0.1) is 0 Å². The fraction of sp³-hybridized carbons (Fsp3) is 0.100. The first-order valence-corrected chi connectivity index (χ1v) is 4.30. The zero-order valence-electron chi connectivity index (χ0n) is 8.19. The molecule has 0 aliphatic carbocycles. The average Bonchev–Trinajstić information content (AvgIpc) is 2.65. The number of phenolic OH excluding ortho intramolecular Hbond substituents is 1. The number of amides is 1. The Bertz CT molecular complexity index is 451. The van der Waals surface area contributed by atoms with Crippen LogP contribution in [-0.2, 0) is 0 Å². The van der Waals surface area contributed by atoms with Gasteiger partial charge in [0.15, 0.2) is 0 Å². The van der Waals surface area contributed by atoms with E-state index in [2.05, 4.69) is 4.98 Å². The molecular formula is C10H12N2O3. The van der Waals surface area contributed by atoms with E-state index in [0.29, 0.717) is 5.75 Å². The number of fused-ring (bicyclic) bond motifs is 1. The maximum absolute atomic E-state index is 9.26. The van der Waals surface area contributed by atoms with Gasteiger partial charge >= 0.3 is 6.09 Å². The van der Waals surface area contributed by atoms with Crippen LogP contribution < -0.4 is 5.32 Å². The first kappa shape index (κ1) is 10.9. The van der Waals surface area contributed by atoms with Crippen molar-refractivity contribution in [3.63, 3.8) is 0 Å². The molecule has 1 aromatic carbocycles. The van der Waals surface area contributed by atoms with E-state index >= 15 is 0 Å². The molecule has 15 heavy (non-hydrogen) atoms. The molecule has 0 unspecified atom stereocenters. The number of carboxylic acid groups (broad SMARTS) is 1. The van der Waals surface area contributed by atoms with Gasteiger partial charge in [0.25, 0.3) is 0 Å². The molecule has 4 N–H and O–H groups in total. The van der Waals surface area contributed by atoms with E-state index in [9.17, 15) is 4.79 Å². The second-order valence-corrected chi connectivity index (χ2v) is 2.80. The molecule has 0 atom stereocenters. The maximum atomic E-state index is 9.26. The lowest BCUT2D eigenvalue weighted by molar-refractivity contribution is 0.197. The summed E-state index contributed by atoms with van der Waals surface area (Å²) in [5.74, 6) is 0.312. The van der Waals surface area contributed by atoms with Crippen LogP contribution in [0.15, 0.2) is 30.5 Å². The second kappa shape index (κ2) is 4.90. The summed E-state index contributed by atoms with van der Waals surface area (Å²) >= 11 is 0. The standard InChI is InChI=1S/C8H7NO.C2H5NO2/c10-7-1-2-8-6(5-7)3-4-9-8;1-3-2(4)5/h1-5,9-10H;3H,1H3,(H,4,5). The molecule has 2 aromatic rings. The first-order chi connectivity index (χ1) is 7.13. The zero-order chi connectivity index (χ0) is 11.3. The lowest BCUT2D eigenvalue weighted by atomic mass is 10.2. The SMILES string of the molecule is CNC(=O)O.Oc1ccc2[nH]ccc2c1. The van der Waals surface area contributed by atoms with Gasteiger partial charge < -0.3 is 20.5 Å². The Morgan fingerprint density at radius 2 is 2.07 bits per heavy atom. The van der Waals surface area contributed by atoms with Crippen molar-refractivity contribution >= 4 is 17.0 Å². The molecule has 0 aliphatic rings. The number of rotatable bonds is 0. The molecule has 0 spiro atoms. The third-order valence-electron chi connectivity index (χ3n) is 1.75. The van der Waals surface area contributed by atoms with Gasteiger partial charge in [-0.1, -0.05) is 0 Å². The van der Waals surface area contributed by atoms with E-state index in [1.54, 1.807) is 12.1 Å². The second-order valence-electron chi connectivity index (χ2n) is 2.80. The number of hydrogen-bond acceptors (Lipinski definition) is 2. The van der Waals surface area contributed by atoms with Gasteiger partial charge in [-0.15, -0.1) is 0 Å². The fourth-order valence-corrected chi connectivity index (χ4v) is 1.04. The zero-order valence-corrected chi connectivity index (χ0v) is 8.19. The van der Waals surface area contributed by atoms with Crippen LogP contribution in [-0.4, -0.2) is 28.3 Å². The quantitative estimate of drug-likeness (QED) is 0.532. The minimum absolute atomic E-state index is 0.312. The van der Waals surface area contributed by atoms with Crippen molar-refractivity contribution < 1.29 is 15.0 Å². The van der Waals surface area contributed by atoms with Gasteiger partial charge in [0, 0.05) is 24.1 Å². The predicted molar refractivity (Wildman–Crippen MR) is 57.0 cm³/mol. The number of nitrogens with one attached hydrogen (secondary N) is 2. The first-order valence-electron chi connectivity index (χ1n) is 4.30. The Labute approximate surface area is 86.4 Å². The Balaban J connectivity index is 0.000000195. The van der Waals surface area contributed by atoms with Gasteiger partial charge in [0.2, 0.25) is 0 Å². The van der Waals surface area contributed by atoms with E-state index in [4.69, 9.17) is 10.2 Å². The molecule has 80 valence electrons. The highest BCUT2D eigenvalue weighted by Gasteiger charge is 1.92. The van der Waals surface area contributed by atoms with Gasteiger partial charge in [-0.2, -0.15) is 0 Å². The number of aromatic amines is 1.